The predicted molar refractivity (Wildman–Crippen MR) is 76.2 cm³/mol. The molecule has 100 valence electrons. The van der Waals surface area contributed by atoms with Crippen LogP contribution in [-0.4, -0.2) is 13.2 Å². The second-order valence-corrected chi connectivity index (χ2v) is 5.80. The van der Waals surface area contributed by atoms with E-state index in [-0.39, 0.29) is 0 Å². The summed E-state index contributed by atoms with van der Waals surface area (Å²) < 4.78 is 5.76. The van der Waals surface area contributed by atoms with Crippen LogP contribution in [0.4, 0.5) is 0 Å². The molecule has 2 aliphatic rings. The minimum atomic E-state index is 0.321. The molecule has 0 amide bonds. The minimum absolute atomic E-state index is 0.321. The molecule has 1 nitrogen and oxygen atoms in total. The molecule has 18 heavy (non-hydrogen) atoms. The fourth-order valence-electron chi connectivity index (χ4n) is 3.54. The van der Waals surface area contributed by atoms with Crippen LogP contribution in [0.5, 0.6) is 0 Å². The summed E-state index contributed by atoms with van der Waals surface area (Å²) in [5.41, 5.74) is 1.54. The molecule has 0 aliphatic heterocycles. The van der Waals surface area contributed by atoms with E-state index in [0.717, 1.165) is 6.42 Å². The zero-order valence-corrected chi connectivity index (χ0v) is 11.7. The topological polar surface area (TPSA) is 9.23 Å². The molecule has 0 bridgehead atoms. The van der Waals surface area contributed by atoms with E-state index in [1.165, 1.54) is 56.9 Å². The second kappa shape index (κ2) is 7.00. The molecule has 0 saturated heterocycles. The van der Waals surface area contributed by atoms with E-state index in [1.807, 2.05) is 7.11 Å². The first-order valence-electron chi connectivity index (χ1n) is 7.53. The van der Waals surface area contributed by atoms with Gasteiger partial charge < -0.3 is 4.74 Å². The molecule has 1 heteroatoms. The molecule has 0 aromatic carbocycles. The van der Waals surface area contributed by atoms with Crippen LogP contribution < -0.4 is 0 Å². The summed E-state index contributed by atoms with van der Waals surface area (Å²) in [5.74, 6) is 4.16. The van der Waals surface area contributed by atoms with Gasteiger partial charge in [-0.1, -0.05) is 18.9 Å². The normalized spacial score (nSPS) is 30.3. The van der Waals surface area contributed by atoms with Gasteiger partial charge in [-0.05, 0) is 56.4 Å². The molecule has 2 aliphatic carbocycles. The van der Waals surface area contributed by atoms with Gasteiger partial charge in [0.05, 0.1) is 6.10 Å². The van der Waals surface area contributed by atoms with Crippen molar-refractivity contribution in [2.24, 2.45) is 11.8 Å². The van der Waals surface area contributed by atoms with E-state index in [2.05, 4.69) is 12.0 Å². The van der Waals surface area contributed by atoms with Gasteiger partial charge in [0.1, 0.15) is 0 Å². The van der Waals surface area contributed by atoms with Crippen molar-refractivity contribution in [1.82, 2.24) is 0 Å². The molecule has 0 heterocycles. The molecule has 1 saturated carbocycles. The Balaban J connectivity index is 1.96. The van der Waals surface area contributed by atoms with Gasteiger partial charge in [-0.3, -0.25) is 0 Å². The molecule has 0 radical (unpaired) electrons. The van der Waals surface area contributed by atoms with Gasteiger partial charge in [0, 0.05) is 13.0 Å². The van der Waals surface area contributed by atoms with Gasteiger partial charge in [0.15, 0.2) is 0 Å². The van der Waals surface area contributed by atoms with Crippen molar-refractivity contribution in [2.75, 3.05) is 7.11 Å². The smallest absolute Gasteiger partial charge is 0.0784 e. The van der Waals surface area contributed by atoms with Crippen molar-refractivity contribution in [2.45, 2.75) is 63.9 Å². The maximum Gasteiger partial charge on any atom is 0.0784 e. The van der Waals surface area contributed by atoms with Crippen LogP contribution in [0.15, 0.2) is 11.6 Å². The summed E-state index contributed by atoms with van der Waals surface area (Å²) in [7, 11) is 1.86. The molecular weight excluding hydrogens is 220 g/mol. The lowest BCUT2D eigenvalue weighted by Crippen LogP contribution is -2.20. The predicted octanol–water partition coefficient (Wildman–Crippen LogP) is 4.33. The van der Waals surface area contributed by atoms with Crippen LogP contribution in [-0.2, 0) is 4.74 Å². The quantitative estimate of drug-likeness (QED) is 0.530. The Hall–Kier alpha value is -0.740. The van der Waals surface area contributed by atoms with Crippen LogP contribution in [0, 0.1) is 24.2 Å². The first-order chi connectivity index (χ1) is 8.85. The molecule has 1 fully saturated rings. The fourth-order valence-corrected chi connectivity index (χ4v) is 3.54. The minimum Gasteiger partial charge on any atom is -0.377 e. The summed E-state index contributed by atoms with van der Waals surface area (Å²) in [5, 5.41) is 0. The Bertz CT molecular complexity index is 323. The zero-order valence-electron chi connectivity index (χ0n) is 11.7. The first kappa shape index (κ1) is 13.7. The van der Waals surface area contributed by atoms with Crippen molar-refractivity contribution in [3.8, 4) is 12.3 Å². The standard InChI is InChI=1S/C17H26O/c1-3-14-11-8-12-16(14)13-17(18-2)15-9-6-4-5-7-10-15/h1,9,14,16-17H,4-8,10-13H2,2H3. The maximum atomic E-state index is 5.76. The highest BCUT2D eigenvalue weighted by atomic mass is 16.5. The van der Waals surface area contributed by atoms with Gasteiger partial charge >= 0.3 is 0 Å². The van der Waals surface area contributed by atoms with Crippen molar-refractivity contribution in [1.29, 1.82) is 0 Å². The van der Waals surface area contributed by atoms with Crippen molar-refractivity contribution in [3.05, 3.63) is 11.6 Å². The Morgan fingerprint density at radius 3 is 3.00 bits per heavy atom. The average Bonchev–Trinajstić information content (AvgIpc) is 2.67. The van der Waals surface area contributed by atoms with Crippen LogP contribution in [0.1, 0.15) is 57.8 Å². The summed E-state index contributed by atoms with van der Waals surface area (Å²) in [6.45, 7) is 0. The van der Waals surface area contributed by atoms with E-state index < -0.39 is 0 Å². The van der Waals surface area contributed by atoms with E-state index in [0.29, 0.717) is 17.9 Å². The summed E-state index contributed by atoms with van der Waals surface area (Å²) >= 11 is 0. The summed E-state index contributed by atoms with van der Waals surface area (Å²) in [6.07, 6.45) is 19.8. The highest BCUT2D eigenvalue weighted by molar-refractivity contribution is 5.11. The molecule has 0 N–H and O–H groups in total. The molecular formula is C17H26O. The maximum absolute atomic E-state index is 5.76. The SMILES string of the molecule is C#CC1CCCC1CC(OC)C1=CCCCCC1. The number of hydrogen-bond acceptors (Lipinski definition) is 1. The second-order valence-electron chi connectivity index (χ2n) is 5.80. The third-order valence-electron chi connectivity index (χ3n) is 4.66. The monoisotopic (exact) mass is 246 g/mol. The lowest BCUT2D eigenvalue weighted by molar-refractivity contribution is 0.102. The third kappa shape index (κ3) is 3.39. The molecule has 0 aromatic rings. The van der Waals surface area contributed by atoms with Crippen molar-refractivity contribution >= 4 is 0 Å². The Labute approximate surface area is 112 Å². The molecule has 3 atom stereocenters. The van der Waals surface area contributed by atoms with Gasteiger partial charge in [-0.2, -0.15) is 0 Å². The Morgan fingerprint density at radius 1 is 1.33 bits per heavy atom. The lowest BCUT2D eigenvalue weighted by atomic mass is 9.88. The van der Waals surface area contributed by atoms with E-state index >= 15 is 0 Å². The number of allylic oxidation sites excluding steroid dienone is 1. The average molecular weight is 246 g/mol. The molecule has 0 spiro atoms. The highest BCUT2D eigenvalue weighted by Crippen LogP contribution is 2.37. The molecule has 2 rings (SSSR count). The number of hydrogen-bond donors (Lipinski definition) is 0. The molecule has 0 aromatic heterocycles. The largest absolute Gasteiger partial charge is 0.377 e. The number of ether oxygens (including phenoxy) is 1. The van der Waals surface area contributed by atoms with Gasteiger partial charge in [-0.15, -0.1) is 12.3 Å². The first-order valence-corrected chi connectivity index (χ1v) is 7.53. The van der Waals surface area contributed by atoms with Crippen LogP contribution in [0.2, 0.25) is 0 Å². The number of terminal acetylenes is 1. The highest BCUT2D eigenvalue weighted by Gasteiger charge is 2.29. The van der Waals surface area contributed by atoms with E-state index in [9.17, 15) is 0 Å². The van der Waals surface area contributed by atoms with Crippen LogP contribution >= 0.6 is 0 Å². The lowest BCUT2D eigenvalue weighted by Gasteiger charge is -2.24. The zero-order chi connectivity index (χ0) is 12.8. The Morgan fingerprint density at radius 2 is 2.22 bits per heavy atom. The van der Waals surface area contributed by atoms with Crippen molar-refractivity contribution < 1.29 is 4.74 Å². The van der Waals surface area contributed by atoms with E-state index in [4.69, 9.17) is 11.2 Å². The van der Waals surface area contributed by atoms with Crippen LogP contribution in [0.25, 0.3) is 0 Å². The van der Waals surface area contributed by atoms with Gasteiger partial charge in [-0.25, -0.2) is 0 Å². The summed E-state index contributed by atoms with van der Waals surface area (Å²) in [6, 6.07) is 0. The number of rotatable bonds is 4. The van der Waals surface area contributed by atoms with E-state index in [1.54, 1.807) is 0 Å². The third-order valence-corrected chi connectivity index (χ3v) is 4.66. The summed E-state index contributed by atoms with van der Waals surface area (Å²) in [4.78, 5) is 0. The Kier molecular flexibility index (Phi) is 5.32. The van der Waals surface area contributed by atoms with Crippen LogP contribution in [0.3, 0.4) is 0 Å². The van der Waals surface area contributed by atoms with Gasteiger partial charge in [0.25, 0.3) is 0 Å². The fraction of sp³-hybridized carbons (Fsp3) is 0.765. The van der Waals surface area contributed by atoms with Crippen molar-refractivity contribution in [3.63, 3.8) is 0 Å². The number of methoxy groups -OCH3 is 1. The molecule has 3 unspecified atom stereocenters. The van der Waals surface area contributed by atoms with Gasteiger partial charge in [0.2, 0.25) is 0 Å².